The van der Waals surface area contributed by atoms with Crippen LogP contribution in [-0.2, 0) is 0 Å². The fourth-order valence-corrected chi connectivity index (χ4v) is 1.89. The van der Waals surface area contributed by atoms with Gasteiger partial charge >= 0.3 is 0 Å². The largest absolute Gasteiger partial charge is 0.398 e. The van der Waals surface area contributed by atoms with E-state index >= 15 is 0 Å². The molecule has 4 nitrogen and oxygen atoms in total. The van der Waals surface area contributed by atoms with E-state index in [0.717, 1.165) is 12.0 Å². The van der Waals surface area contributed by atoms with Gasteiger partial charge in [-0.3, -0.25) is 4.79 Å². The van der Waals surface area contributed by atoms with Gasteiger partial charge in [0, 0.05) is 17.8 Å². The first-order valence-electron chi connectivity index (χ1n) is 6.23. The maximum absolute atomic E-state index is 12.0. The van der Waals surface area contributed by atoms with Gasteiger partial charge in [0.15, 0.2) is 0 Å². The van der Waals surface area contributed by atoms with Crippen LogP contribution in [-0.4, -0.2) is 23.2 Å². The van der Waals surface area contributed by atoms with Crippen LogP contribution in [0.5, 0.6) is 0 Å². The van der Waals surface area contributed by atoms with Gasteiger partial charge in [0.05, 0.1) is 5.60 Å². The van der Waals surface area contributed by atoms with E-state index in [9.17, 15) is 9.90 Å². The minimum absolute atomic E-state index is 0.198. The first-order chi connectivity index (χ1) is 8.37. The fraction of sp³-hybridized carbons (Fsp3) is 0.500. The number of hydrogen-bond acceptors (Lipinski definition) is 3. The zero-order valence-corrected chi connectivity index (χ0v) is 11.3. The minimum Gasteiger partial charge on any atom is -0.398 e. The SMILES string of the molecule is CCCC(C)(O)CNC(=O)c1cccc(N)c1C. The molecule has 4 N–H and O–H groups in total. The van der Waals surface area contributed by atoms with Gasteiger partial charge in [-0.1, -0.05) is 19.4 Å². The lowest BCUT2D eigenvalue weighted by atomic mass is 10.0. The van der Waals surface area contributed by atoms with E-state index < -0.39 is 5.60 Å². The standard InChI is InChI=1S/C14H22N2O2/c1-4-8-14(3,18)9-16-13(17)11-6-5-7-12(15)10(11)2/h5-7,18H,4,8-9,15H2,1-3H3,(H,16,17). The number of amides is 1. The highest BCUT2D eigenvalue weighted by Crippen LogP contribution is 2.16. The van der Waals surface area contributed by atoms with Gasteiger partial charge in [-0.2, -0.15) is 0 Å². The molecule has 0 spiro atoms. The van der Waals surface area contributed by atoms with Crippen LogP contribution < -0.4 is 11.1 Å². The van der Waals surface area contributed by atoms with Crippen LogP contribution in [0.2, 0.25) is 0 Å². The van der Waals surface area contributed by atoms with Crippen molar-refractivity contribution in [3.8, 4) is 0 Å². The van der Waals surface area contributed by atoms with Crippen molar-refractivity contribution in [2.24, 2.45) is 0 Å². The van der Waals surface area contributed by atoms with Gasteiger partial charge < -0.3 is 16.2 Å². The third-order valence-electron chi connectivity index (χ3n) is 3.04. The van der Waals surface area contributed by atoms with Crippen molar-refractivity contribution >= 4 is 11.6 Å². The Kier molecular flexibility index (Phi) is 4.73. The van der Waals surface area contributed by atoms with Crippen molar-refractivity contribution in [3.63, 3.8) is 0 Å². The molecule has 0 radical (unpaired) electrons. The quantitative estimate of drug-likeness (QED) is 0.698. The summed E-state index contributed by atoms with van der Waals surface area (Å²) in [5.74, 6) is -0.198. The number of nitrogens with one attached hydrogen (secondary N) is 1. The average molecular weight is 250 g/mol. The Morgan fingerprint density at radius 3 is 2.78 bits per heavy atom. The minimum atomic E-state index is -0.862. The number of hydrogen-bond donors (Lipinski definition) is 3. The molecule has 0 aromatic heterocycles. The number of anilines is 1. The lowest BCUT2D eigenvalue weighted by Gasteiger charge is -2.23. The van der Waals surface area contributed by atoms with Gasteiger partial charge in [-0.05, 0) is 38.0 Å². The zero-order valence-electron chi connectivity index (χ0n) is 11.3. The predicted octanol–water partition coefficient (Wildman–Crippen LogP) is 1.86. The van der Waals surface area contributed by atoms with E-state index in [1.807, 2.05) is 13.8 Å². The summed E-state index contributed by atoms with van der Waals surface area (Å²) in [7, 11) is 0. The van der Waals surface area contributed by atoms with E-state index in [0.29, 0.717) is 17.7 Å². The maximum atomic E-state index is 12.0. The molecule has 0 heterocycles. The summed E-state index contributed by atoms with van der Waals surface area (Å²) in [6.45, 7) is 5.78. The first-order valence-corrected chi connectivity index (χ1v) is 6.23. The maximum Gasteiger partial charge on any atom is 0.251 e. The molecule has 1 rings (SSSR count). The summed E-state index contributed by atoms with van der Waals surface area (Å²) in [5.41, 5.74) is 6.82. The lowest BCUT2D eigenvalue weighted by molar-refractivity contribution is 0.0469. The van der Waals surface area contributed by atoms with E-state index in [4.69, 9.17) is 5.73 Å². The first kappa shape index (κ1) is 14.5. The molecule has 100 valence electrons. The van der Waals surface area contributed by atoms with Crippen LogP contribution in [0, 0.1) is 6.92 Å². The molecule has 4 heteroatoms. The van der Waals surface area contributed by atoms with Crippen molar-refractivity contribution in [1.82, 2.24) is 5.32 Å². The van der Waals surface area contributed by atoms with E-state index in [-0.39, 0.29) is 12.5 Å². The van der Waals surface area contributed by atoms with Gasteiger partial charge in [-0.15, -0.1) is 0 Å². The van der Waals surface area contributed by atoms with Crippen LogP contribution >= 0.6 is 0 Å². The number of rotatable bonds is 5. The van der Waals surface area contributed by atoms with Crippen LogP contribution in [0.3, 0.4) is 0 Å². The summed E-state index contributed by atoms with van der Waals surface area (Å²) in [4.78, 5) is 12.0. The van der Waals surface area contributed by atoms with E-state index in [2.05, 4.69) is 5.32 Å². The summed E-state index contributed by atoms with van der Waals surface area (Å²) in [6.07, 6.45) is 1.53. The molecule has 0 aliphatic carbocycles. The third kappa shape index (κ3) is 3.74. The highest BCUT2D eigenvalue weighted by atomic mass is 16.3. The van der Waals surface area contributed by atoms with E-state index in [1.54, 1.807) is 25.1 Å². The summed E-state index contributed by atoms with van der Waals surface area (Å²) >= 11 is 0. The molecule has 1 atom stereocenters. The Hall–Kier alpha value is -1.55. The van der Waals surface area contributed by atoms with Crippen LogP contribution in [0.1, 0.15) is 42.6 Å². The lowest BCUT2D eigenvalue weighted by Crippen LogP contribution is -2.40. The molecular weight excluding hydrogens is 228 g/mol. The number of carbonyl (C=O) groups is 1. The van der Waals surface area contributed by atoms with Crippen LogP contribution in [0.25, 0.3) is 0 Å². The molecule has 1 aromatic rings. The van der Waals surface area contributed by atoms with Crippen molar-refractivity contribution in [2.75, 3.05) is 12.3 Å². The number of aliphatic hydroxyl groups is 1. The van der Waals surface area contributed by atoms with Crippen molar-refractivity contribution in [2.45, 2.75) is 39.2 Å². The molecular formula is C14H22N2O2. The van der Waals surface area contributed by atoms with Crippen LogP contribution in [0.15, 0.2) is 18.2 Å². The Morgan fingerprint density at radius 2 is 2.17 bits per heavy atom. The molecule has 1 aromatic carbocycles. The van der Waals surface area contributed by atoms with Crippen molar-refractivity contribution < 1.29 is 9.90 Å². The molecule has 1 unspecified atom stereocenters. The van der Waals surface area contributed by atoms with E-state index in [1.165, 1.54) is 0 Å². The van der Waals surface area contributed by atoms with Crippen molar-refractivity contribution in [3.05, 3.63) is 29.3 Å². The summed E-state index contributed by atoms with van der Waals surface area (Å²) < 4.78 is 0. The van der Waals surface area contributed by atoms with Gasteiger partial charge in [0.25, 0.3) is 5.91 Å². The molecule has 0 aliphatic rings. The number of nitrogens with two attached hydrogens (primary N) is 1. The fourth-order valence-electron chi connectivity index (χ4n) is 1.89. The second-order valence-corrected chi connectivity index (χ2v) is 4.95. The average Bonchev–Trinajstić information content (AvgIpc) is 2.30. The summed E-state index contributed by atoms with van der Waals surface area (Å²) in [5, 5.41) is 12.7. The highest BCUT2D eigenvalue weighted by Gasteiger charge is 2.20. The second-order valence-electron chi connectivity index (χ2n) is 4.95. The number of nitrogen functional groups attached to an aromatic ring is 1. The molecule has 0 bridgehead atoms. The molecule has 0 fully saturated rings. The Balaban J connectivity index is 2.69. The Bertz CT molecular complexity index is 428. The van der Waals surface area contributed by atoms with Gasteiger partial charge in [-0.25, -0.2) is 0 Å². The molecule has 0 aliphatic heterocycles. The second kappa shape index (κ2) is 5.87. The molecule has 18 heavy (non-hydrogen) atoms. The summed E-state index contributed by atoms with van der Waals surface area (Å²) in [6, 6.07) is 5.25. The molecule has 1 amide bonds. The Labute approximate surface area is 108 Å². The monoisotopic (exact) mass is 250 g/mol. The molecule has 0 saturated carbocycles. The number of benzene rings is 1. The van der Waals surface area contributed by atoms with Crippen molar-refractivity contribution in [1.29, 1.82) is 0 Å². The third-order valence-corrected chi connectivity index (χ3v) is 3.04. The zero-order chi connectivity index (χ0) is 13.8. The predicted molar refractivity (Wildman–Crippen MR) is 73.5 cm³/mol. The van der Waals surface area contributed by atoms with Crippen LogP contribution in [0.4, 0.5) is 5.69 Å². The topological polar surface area (TPSA) is 75.3 Å². The number of carbonyl (C=O) groups excluding carboxylic acids is 1. The van der Waals surface area contributed by atoms with Gasteiger partial charge in [0.2, 0.25) is 0 Å². The Morgan fingerprint density at radius 1 is 1.50 bits per heavy atom. The smallest absolute Gasteiger partial charge is 0.251 e. The normalized spacial score (nSPS) is 14.0. The highest BCUT2D eigenvalue weighted by molar-refractivity contribution is 5.96. The van der Waals surface area contributed by atoms with Gasteiger partial charge in [0.1, 0.15) is 0 Å². The molecule has 0 saturated heterocycles.